The minimum absolute atomic E-state index is 0.124. The van der Waals surface area contributed by atoms with Crippen molar-refractivity contribution in [3.05, 3.63) is 58.4 Å². The maximum absolute atomic E-state index is 12.9. The Bertz CT molecular complexity index is 671. The second-order valence-electron chi connectivity index (χ2n) is 4.49. The average Bonchev–Trinajstić information content (AvgIpc) is 2.45. The summed E-state index contributed by atoms with van der Waals surface area (Å²) in [5.74, 6) is 0.0532. The van der Waals surface area contributed by atoms with E-state index in [4.69, 9.17) is 21.1 Å². The van der Waals surface area contributed by atoms with E-state index in [1.165, 1.54) is 19.2 Å². The van der Waals surface area contributed by atoms with Crippen LogP contribution < -0.4 is 9.47 Å². The van der Waals surface area contributed by atoms with Crippen LogP contribution in [0.5, 0.6) is 11.5 Å². The summed E-state index contributed by atoms with van der Waals surface area (Å²) in [5.41, 5.74) is 1.42. The molecule has 0 aliphatic heterocycles. The van der Waals surface area contributed by atoms with Gasteiger partial charge in [-0.15, -0.1) is 0 Å². The number of benzene rings is 2. The maximum Gasteiger partial charge on any atom is 0.203 e. The van der Waals surface area contributed by atoms with Crippen LogP contribution in [0.15, 0.2) is 36.4 Å². The molecule has 0 aromatic heterocycles. The van der Waals surface area contributed by atoms with Gasteiger partial charge in [0.15, 0.2) is 6.61 Å². The molecule has 2 aromatic carbocycles. The number of halogens is 2. The lowest BCUT2D eigenvalue weighted by Gasteiger charge is -2.10. The molecule has 0 aliphatic carbocycles. The molecule has 5 heteroatoms. The molecule has 2 aromatic rings. The smallest absolute Gasteiger partial charge is 0.203 e. The van der Waals surface area contributed by atoms with Gasteiger partial charge in [0, 0.05) is 0 Å². The van der Waals surface area contributed by atoms with Crippen LogP contribution in [0.25, 0.3) is 0 Å². The molecule has 110 valence electrons. The van der Waals surface area contributed by atoms with E-state index < -0.39 is 5.82 Å². The molecule has 0 unspecified atom stereocenters. The number of rotatable bonds is 5. The fourth-order valence-corrected chi connectivity index (χ4v) is 2.06. The van der Waals surface area contributed by atoms with Crippen LogP contribution in [0.4, 0.5) is 4.39 Å². The van der Waals surface area contributed by atoms with E-state index in [0.717, 1.165) is 11.6 Å². The summed E-state index contributed by atoms with van der Waals surface area (Å²) in [4.78, 5) is 12.2. The Kier molecular flexibility index (Phi) is 4.81. The third kappa shape index (κ3) is 3.73. The van der Waals surface area contributed by atoms with E-state index in [-0.39, 0.29) is 23.2 Å². The highest BCUT2D eigenvalue weighted by atomic mass is 35.5. The first kappa shape index (κ1) is 15.3. The first-order valence-electron chi connectivity index (χ1n) is 6.27. The lowest BCUT2D eigenvalue weighted by atomic mass is 10.1. The molecule has 2 rings (SSSR count). The molecule has 0 spiro atoms. The first-order valence-corrected chi connectivity index (χ1v) is 6.64. The minimum atomic E-state index is -0.459. The summed E-state index contributed by atoms with van der Waals surface area (Å²) >= 11 is 5.84. The van der Waals surface area contributed by atoms with Crippen molar-refractivity contribution < 1.29 is 18.7 Å². The Morgan fingerprint density at radius 3 is 2.62 bits per heavy atom. The van der Waals surface area contributed by atoms with Crippen LogP contribution in [0, 0.1) is 12.7 Å². The Morgan fingerprint density at radius 2 is 1.95 bits per heavy atom. The van der Waals surface area contributed by atoms with Crippen molar-refractivity contribution in [1.29, 1.82) is 0 Å². The van der Waals surface area contributed by atoms with E-state index in [1.807, 2.05) is 13.0 Å². The monoisotopic (exact) mass is 308 g/mol. The zero-order valence-corrected chi connectivity index (χ0v) is 12.4. The summed E-state index contributed by atoms with van der Waals surface area (Å²) in [6.45, 7) is 1.70. The molecular formula is C16H14ClFO3. The molecule has 21 heavy (non-hydrogen) atoms. The molecule has 0 aliphatic rings. The van der Waals surface area contributed by atoms with Crippen molar-refractivity contribution in [3.8, 4) is 11.5 Å². The zero-order valence-electron chi connectivity index (χ0n) is 11.7. The van der Waals surface area contributed by atoms with Gasteiger partial charge in [-0.1, -0.05) is 17.7 Å². The van der Waals surface area contributed by atoms with E-state index in [0.29, 0.717) is 11.3 Å². The highest BCUT2D eigenvalue weighted by Gasteiger charge is 2.14. The number of Topliss-reactive ketones (excluding diaryl/α,β-unsaturated/α-hetero) is 1. The topological polar surface area (TPSA) is 35.5 Å². The number of aryl methyl sites for hydroxylation is 1. The van der Waals surface area contributed by atoms with Gasteiger partial charge in [-0.25, -0.2) is 4.39 Å². The molecule has 0 saturated heterocycles. The molecule has 0 saturated carbocycles. The molecule has 3 nitrogen and oxygen atoms in total. The zero-order chi connectivity index (χ0) is 15.4. The summed E-state index contributed by atoms with van der Waals surface area (Å²) in [7, 11) is 1.50. The van der Waals surface area contributed by atoms with E-state index in [9.17, 15) is 9.18 Å². The second kappa shape index (κ2) is 6.59. The van der Waals surface area contributed by atoms with Crippen molar-refractivity contribution in [2.24, 2.45) is 0 Å². The van der Waals surface area contributed by atoms with Crippen LogP contribution in [0.3, 0.4) is 0 Å². The van der Waals surface area contributed by atoms with Crippen LogP contribution in [0.2, 0.25) is 5.02 Å². The molecule has 0 heterocycles. The maximum atomic E-state index is 12.9. The van der Waals surface area contributed by atoms with E-state index >= 15 is 0 Å². The summed E-state index contributed by atoms with van der Waals surface area (Å²) in [6.07, 6.45) is 0. The van der Waals surface area contributed by atoms with Gasteiger partial charge >= 0.3 is 0 Å². The van der Waals surface area contributed by atoms with Gasteiger partial charge in [-0.05, 0) is 42.8 Å². The third-order valence-corrected chi connectivity index (χ3v) is 3.21. The predicted octanol–water partition coefficient (Wildman–Crippen LogP) is 4.06. The van der Waals surface area contributed by atoms with Gasteiger partial charge in [0.1, 0.15) is 17.3 Å². The van der Waals surface area contributed by atoms with Crippen molar-refractivity contribution in [3.63, 3.8) is 0 Å². The second-order valence-corrected chi connectivity index (χ2v) is 4.90. The van der Waals surface area contributed by atoms with E-state index in [2.05, 4.69) is 0 Å². The number of hydrogen-bond acceptors (Lipinski definition) is 3. The van der Waals surface area contributed by atoms with Crippen molar-refractivity contribution in [1.82, 2.24) is 0 Å². The molecule has 0 atom stereocenters. The fourth-order valence-electron chi connectivity index (χ4n) is 1.84. The lowest BCUT2D eigenvalue weighted by molar-refractivity contribution is 0.0918. The SMILES string of the molecule is COc1cc(C)ccc1C(=O)COc1ccc(F)cc1Cl. The summed E-state index contributed by atoms with van der Waals surface area (Å²) in [5, 5.41) is 0.124. The predicted molar refractivity (Wildman–Crippen MR) is 79.0 cm³/mol. The first-order chi connectivity index (χ1) is 10.0. The number of carbonyl (C=O) groups is 1. The number of ketones is 1. The van der Waals surface area contributed by atoms with Crippen LogP contribution >= 0.6 is 11.6 Å². The van der Waals surface area contributed by atoms with Gasteiger partial charge in [-0.2, -0.15) is 0 Å². The Morgan fingerprint density at radius 1 is 1.19 bits per heavy atom. The number of methoxy groups -OCH3 is 1. The minimum Gasteiger partial charge on any atom is -0.496 e. The Hall–Kier alpha value is -2.07. The molecule has 0 radical (unpaired) electrons. The van der Waals surface area contributed by atoms with Crippen molar-refractivity contribution in [2.45, 2.75) is 6.92 Å². The largest absolute Gasteiger partial charge is 0.496 e. The number of hydrogen-bond donors (Lipinski definition) is 0. The van der Waals surface area contributed by atoms with Gasteiger partial charge in [0.2, 0.25) is 5.78 Å². The summed E-state index contributed by atoms with van der Waals surface area (Å²) < 4.78 is 23.4. The van der Waals surface area contributed by atoms with Gasteiger partial charge < -0.3 is 9.47 Å². The molecule has 0 amide bonds. The molecular weight excluding hydrogens is 295 g/mol. The molecule has 0 bridgehead atoms. The normalized spacial score (nSPS) is 10.3. The highest BCUT2D eigenvalue weighted by molar-refractivity contribution is 6.32. The van der Waals surface area contributed by atoms with Gasteiger partial charge in [-0.3, -0.25) is 4.79 Å². The number of carbonyl (C=O) groups excluding carboxylic acids is 1. The van der Waals surface area contributed by atoms with Crippen LogP contribution in [-0.4, -0.2) is 19.5 Å². The van der Waals surface area contributed by atoms with Gasteiger partial charge in [0.05, 0.1) is 17.7 Å². The molecule has 0 fully saturated rings. The van der Waals surface area contributed by atoms with Crippen LogP contribution in [-0.2, 0) is 0 Å². The number of ether oxygens (including phenoxy) is 2. The van der Waals surface area contributed by atoms with Crippen molar-refractivity contribution >= 4 is 17.4 Å². The van der Waals surface area contributed by atoms with Gasteiger partial charge in [0.25, 0.3) is 0 Å². The Labute approximate surface area is 127 Å². The quantitative estimate of drug-likeness (QED) is 0.781. The standard InChI is InChI=1S/C16H14ClFO3/c1-10-3-5-12(16(7-10)20-2)14(19)9-21-15-6-4-11(18)8-13(15)17/h3-8H,9H2,1-2H3. The summed E-state index contributed by atoms with van der Waals surface area (Å²) in [6, 6.07) is 9.02. The van der Waals surface area contributed by atoms with Crippen LogP contribution in [0.1, 0.15) is 15.9 Å². The van der Waals surface area contributed by atoms with E-state index in [1.54, 1.807) is 12.1 Å². The fraction of sp³-hybridized carbons (Fsp3) is 0.188. The third-order valence-electron chi connectivity index (χ3n) is 2.91. The van der Waals surface area contributed by atoms with Crippen molar-refractivity contribution in [2.75, 3.05) is 13.7 Å². The lowest BCUT2D eigenvalue weighted by Crippen LogP contribution is -2.13. The molecule has 0 N–H and O–H groups in total. The highest BCUT2D eigenvalue weighted by Crippen LogP contribution is 2.26. The average molecular weight is 309 g/mol. The Balaban J connectivity index is 2.11.